The highest BCUT2D eigenvalue weighted by molar-refractivity contribution is 5.91. The Morgan fingerprint density at radius 2 is 2.07 bits per heavy atom. The molecule has 5 nitrogen and oxygen atoms in total. The molecular weight excluding hydrogens is 192 g/mol. The summed E-state index contributed by atoms with van der Waals surface area (Å²) in [6.07, 6.45) is 0.711. The highest BCUT2D eigenvalue weighted by Crippen LogP contribution is 2.19. The molecule has 0 radical (unpaired) electrons. The zero-order valence-electron chi connectivity index (χ0n) is 9.69. The van der Waals surface area contributed by atoms with Crippen molar-refractivity contribution in [3.8, 4) is 0 Å². The number of aromatic nitrogens is 3. The van der Waals surface area contributed by atoms with Crippen molar-refractivity contribution in [1.29, 1.82) is 0 Å². The minimum absolute atomic E-state index is 0.223. The van der Waals surface area contributed by atoms with E-state index in [2.05, 4.69) is 31.1 Å². The highest BCUT2D eigenvalue weighted by atomic mass is 16.1. The quantitative estimate of drug-likeness (QED) is 0.810. The van der Waals surface area contributed by atoms with Gasteiger partial charge in [0.25, 0.3) is 5.91 Å². The number of amides is 1. The van der Waals surface area contributed by atoms with Gasteiger partial charge >= 0.3 is 0 Å². The van der Waals surface area contributed by atoms with Gasteiger partial charge in [0.2, 0.25) is 0 Å². The Bertz CT molecular complexity index is 356. The van der Waals surface area contributed by atoms with Crippen molar-refractivity contribution >= 4 is 5.91 Å². The Morgan fingerprint density at radius 3 is 2.47 bits per heavy atom. The number of nitrogens with two attached hydrogens (primary N) is 1. The molecule has 0 fully saturated rings. The van der Waals surface area contributed by atoms with E-state index in [9.17, 15) is 4.79 Å². The predicted molar refractivity (Wildman–Crippen MR) is 57.5 cm³/mol. The number of carbonyl (C=O) groups is 1. The molecular formula is C10H18N4O. The first kappa shape index (κ1) is 11.7. The lowest BCUT2D eigenvalue weighted by molar-refractivity contribution is 0.0994. The molecule has 1 aromatic heterocycles. The number of carbonyl (C=O) groups excluding carboxylic acids is 1. The van der Waals surface area contributed by atoms with E-state index in [0.717, 1.165) is 5.69 Å². The molecule has 0 aliphatic rings. The summed E-state index contributed by atoms with van der Waals surface area (Å²) in [5.74, 6) is -0.0632. The molecule has 1 atom stereocenters. The Hall–Kier alpha value is -1.39. The van der Waals surface area contributed by atoms with Crippen LogP contribution in [-0.4, -0.2) is 20.9 Å². The van der Waals surface area contributed by atoms with Crippen LogP contribution in [0, 0.1) is 5.92 Å². The van der Waals surface area contributed by atoms with Gasteiger partial charge in [-0.2, -0.15) is 0 Å². The number of primary amides is 1. The summed E-state index contributed by atoms with van der Waals surface area (Å²) in [4.78, 5) is 11.1. The lowest BCUT2D eigenvalue weighted by Crippen LogP contribution is -2.18. The van der Waals surface area contributed by atoms with E-state index in [1.165, 1.54) is 0 Å². The van der Waals surface area contributed by atoms with Gasteiger partial charge in [0, 0.05) is 0 Å². The van der Waals surface area contributed by atoms with Gasteiger partial charge in [-0.1, -0.05) is 26.0 Å². The summed E-state index contributed by atoms with van der Waals surface area (Å²) in [6.45, 7) is 8.24. The van der Waals surface area contributed by atoms with Crippen molar-refractivity contribution in [3.63, 3.8) is 0 Å². The zero-order chi connectivity index (χ0) is 11.6. The van der Waals surface area contributed by atoms with E-state index in [0.29, 0.717) is 18.0 Å². The third-order valence-electron chi connectivity index (χ3n) is 2.71. The first-order valence-electron chi connectivity index (χ1n) is 5.22. The van der Waals surface area contributed by atoms with Gasteiger partial charge in [-0.25, -0.2) is 4.68 Å². The maximum Gasteiger partial charge on any atom is 0.271 e. The largest absolute Gasteiger partial charge is 0.364 e. The summed E-state index contributed by atoms with van der Waals surface area (Å²) >= 11 is 0. The van der Waals surface area contributed by atoms with Crippen LogP contribution in [0.25, 0.3) is 0 Å². The number of hydrogen-bond acceptors (Lipinski definition) is 3. The van der Waals surface area contributed by atoms with Gasteiger partial charge in [0.15, 0.2) is 5.69 Å². The van der Waals surface area contributed by atoms with Gasteiger partial charge < -0.3 is 5.73 Å². The number of hydrogen-bond donors (Lipinski definition) is 1. The first-order chi connectivity index (χ1) is 6.99. The smallest absolute Gasteiger partial charge is 0.271 e. The molecule has 0 aliphatic heterocycles. The van der Waals surface area contributed by atoms with Gasteiger partial charge in [-0.15, -0.1) is 5.10 Å². The fraction of sp³-hybridized carbons (Fsp3) is 0.700. The van der Waals surface area contributed by atoms with Crippen LogP contribution in [0.2, 0.25) is 0 Å². The molecule has 15 heavy (non-hydrogen) atoms. The molecule has 5 heteroatoms. The minimum atomic E-state index is -0.506. The van der Waals surface area contributed by atoms with E-state index in [-0.39, 0.29) is 6.04 Å². The van der Waals surface area contributed by atoms with Crippen LogP contribution in [0.5, 0.6) is 0 Å². The number of nitrogens with zero attached hydrogens (tertiary/aromatic N) is 3. The molecule has 0 bridgehead atoms. The topological polar surface area (TPSA) is 73.8 Å². The molecule has 1 aromatic rings. The van der Waals surface area contributed by atoms with Crippen LogP contribution in [0.3, 0.4) is 0 Å². The molecule has 0 aliphatic carbocycles. The van der Waals surface area contributed by atoms with Crippen molar-refractivity contribution in [1.82, 2.24) is 15.0 Å². The third kappa shape index (κ3) is 2.16. The predicted octanol–water partition coefficient (Wildman–Crippen LogP) is 1.16. The summed E-state index contributed by atoms with van der Waals surface area (Å²) in [5, 5.41) is 7.82. The van der Waals surface area contributed by atoms with Crippen LogP contribution in [0.1, 0.15) is 49.9 Å². The molecule has 1 amide bonds. The van der Waals surface area contributed by atoms with Crippen molar-refractivity contribution in [3.05, 3.63) is 11.4 Å². The lowest BCUT2D eigenvalue weighted by atomic mass is 10.1. The molecule has 1 heterocycles. The van der Waals surface area contributed by atoms with Crippen LogP contribution < -0.4 is 5.73 Å². The second-order valence-corrected chi connectivity index (χ2v) is 4.03. The Balaban J connectivity index is 3.14. The summed E-state index contributed by atoms with van der Waals surface area (Å²) in [5.41, 5.74) is 6.34. The second-order valence-electron chi connectivity index (χ2n) is 4.03. The average molecular weight is 210 g/mol. The fourth-order valence-corrected chi connectivity index (χ4v) is 1.44. The van der Waals surface area contributed by atoms with Crippen LogP contribution in [-0.2, 0) is 6.42 Å². The molecule has 0 spiro atoms. The Kier molecular flexibility index (Phi) is 3.44. The van der Waals surface area contributed by atoms with Crippen molar-refractivity contribution in [2.75, 3.05) is 0 Å². The second kappa shape index (κ2) is 4.42. The molecule has 1 rings (SSSR count). The first-order valence-corrected chi connectivity index (χ1v) is 5.22. The molecule has 0 saturated carbocycles. The molecule has 0 saturated heterocycles. The standard InChI is InChI=1S/C10H18N4O/c1-5-8-9(10(11)15)12-13-14(8)7(4)6(2)3/h6-7H,5H2,1-4H3,(H2,11,15). The van der Waals surface area contributed by atoms with E-state index in [1.54, 1.807) is 4.68 Å². The summed E-state index contributed by atoms with van der Waals surface area (Å²) < 4.78 is 1.80. The normalized spacial score (nSPS) is 13.1. The van der Waals surface area contributed by atoms with Gasteiger partial charge in [0.05, 0.1) is 11.7 Å². The Labute approximate surface area is 89.6 Å². The molecule has 1 unspecified atom stereocenters. The average Bonchev–Trinajstić information content (AvgIpc) is 2.59. The summed E-state index contributed by atoms with van der Waals surface area (Å²) in [6, 6.07) is 0.223. The zero-order valence-corrected chi connectivity index (χ0v) is 9.69. The maximum absolute atomic E-state index is 11.1. The number of rotatable bonds is 4. The molecule has 84 valence electrons. The molecule has 2 N–H and O–H groups in total. The Morgan fingerprint density at radius 1 is 1.47 bits per heavy atom. The summed E-state index contributed by atoms with van der Waals surface area (Å²) in [7, 11) is 0. The van der Waals surface area contributed by atoms with Crippen LogP contribution in [0.15, 0.2) is 0 Å². The van der Waals surface area contributed by atoms with Crippen LogP contribution >= 0.6 is 0 Å². The van der Waals surface area contributed by atoms with Crippen LogP contribution in [0.4, 0.5) is 0 Å². The van der Waals surface area contributed by atoms with Gasteiger partial charge in [-0.3, -0.25) is 4.79 Å². The van der Waals surface area contributed by atoms with Gasteiger partial charge in [-0.05, 0) is 19.3 Å². The maximum atomic E-state index is 11.1. The van der Waals surface area contributed by atoms with Crippen molar-refractivity contribution < 1.29 is 4.79 Å². The van der Waals surface area contributed by atoms with E-state index in [1.807, 2.05) is 6.92 Å². The SMILES string of the molecule is CCc1c(C(N)=O)nnn1C(C)C(C)C. The third-order valence-corrected chi connectivity index (χ3v) is 2.71. The van der Waals surface area contributed by atoms with E-state index >= 15 is 0 Å². The highest BCUT2D eigenvalue weighted by Gasteiger charge is 2.20. The van der Waals surface area contributed by atoms with Crippen molar-refractivity contribution in [2.45, 2.75) is 40.2 Å². The molecule has 0 aromatic carbocycles. The van der Waals surface area contributed by atoms with Gasteiger partial charge in [0.1, 0.15) is 0 Å². The lowest BCUT2D eigenvalue weighted by Gasteiger charge is -2.17. The fourth-order valence-electron chi connectivity index (χ4n) is 1.44. The van der Waals surface area contributed by atoms with E-state index in [4.69, 9.17) is 5.73 Å². The van der Waals surface area contributed by atoms with E-state index < -0.39 is 5.91 Å². The minimum Gasteiger partial charge on any atom is -0.364 e. The monoisotopic (exact) mass is 210 g/mol. The van der Waals surface area contributed by atoms with Crippen molar-refractivity contribution in [2.24, 2.45) is 11.7 Å².